The molecular weight excluding hydrogens is 250 g/mol. The van der Waals surface area contributed by atoms with Crippen LogP contribution in [0.3, 0.4) is 0 Å². The van der Waals surface area contributed by atoms with Crippen molar-refractivity contribution in [2.75, 3.05) is 11.9 Å². The number of anilines is 1. The minimum Gasteiger partial charge on any atom is -0.380 e. The van der Waals surface area contributed by atoms with Gasteiger partial charge in [-0.15, -0.1) is 0 Å². The predicted molar refractivity (Wildman–Crippen MR) is 71.5 cm³/mol. The molecule has 0 spiro atoms. The first-order valence-electron chi connectivity index (χ1n) is 5.14. The molecular formula is C13H18BrN. The van der Waals surface area contributed by atoms with Crippen LogP contribution in [0.4, 0.5) is 5.69 Å². The van der Waals surface area contributed by atoms with Gasteiger partial charge in [-0.1, -0.05) is 17.7 Å². The smallest absolute Gasteiger partial charge is 0.0516 e. The highest BCUT2D eigenvalue weighted by atomic mass is 79.9. The summed E-state index contributed by atoms with van der Waals surface area (Å²) in [4.78, 5) is 0. The number of hydrogen-bond acceptors (Lipinski definition) is 1. The molecule has 0 saturated heterocycles. The highest BCUT2D eigenvalue weighted by molar-refractivity contribution is 9.10. The maximum absolute atomic E-state index is 3.58. The zero-order valence-corrected chi connectivity index (χ0v) is 11.4. The summed E-state index contributed by atoms with van der Waals surface area (Å²) in [6, 6.07) is 4.33. The van der Waals surface area contributed by atoms with Gasteiger partial charge < -0.3 is 5.32 Å². The summed E-state index contributed by atoms with van der Waals surface area (Å²) in [7, 11) is 0. The molecule has 0 aromatic heterocycles. The fourth-order valence-corrected chi connectivity index (χ4v) is 2.31. The van der Waals surface area contributed by atoms with E-state index in [1.165, 1.54) is 22.4 Å². The molecule has 1 N–H and O–H groups in total. The third kappa shape index (κ3) is 3.71. The van der Waals surface area contributed by atoms with Crippen LogP contribution >= 0.6 is 15.9 Å². The van der Waals surface area contributed by atoms with Crippen molar-refractivity contribution >= 4 is 21.6 Å². The van der Waals surface area contributed by atoms with Gasteiger partial charge in [-0.05, 0) is 60.8 Å². The van der Waals surface area contributed by atoms with Gasteiger partial charge in [-0.2, -0.15) is 0 Å². The Labute approximate surface area is 101 Å². The lowest BCUT2D eigenvalue weighted by atomic mass is 10.1. The molecule has 0 saturated carbocycles. The summed E-state index contributed by atoms with van der Waals surface area (Å²) < 4.78 is 1.14. The SMILES string of the molecule is CC(C)=CCNc1c(C)cc(C)cc1Br. The highest BCUT2D eigenvalue weighted by Gasteiger charge is 2.02. The maximum atomic E-state index is 3.58. The monoisotopic (exact) mass is 267 g/mol. The lowest BCUT2D eigenvalue weighted by Crippen LogP contribution is -2.02. The molecule has 0 bridgehead atoms. The lowest BCUT2D eigenvalue weighted by molar-refractivity contribution is 1.23. The Bertz CT molecular complexity index is 353. The summed E-state index contributed by atoms with van der Waals surface area (Å²) in [6.45, 7) is 9.34. The molecule has 0 aliphatic heterocycles. The zero-order chi connectivity index (χ0) is 11.4. The molecule has 15 heavy (non-hydrogen) atoms. The van der Waals surface area contributed by atoms with Crippen molar-refractivity contribution in [2.45, 2.75) is 27.7 Å². The van der Waals surface area contributed by atoms with Crippen LogP contribution in [0.1, 0.15) is 25.0 Å². The van der Waals surface area contributed by atoms with Gasteiger partial charge in [0.1, 0.15) is 0 Å². The normalized spacial score (nSPS) is 9.93. The number of allylic oxidation sites excluding steroid dienone is 1. The fraction of sp³-hybridized carbons (Fsp3) is 0.385. The summed E-state index contributed by atoms with van der Waals surface area (Å²) in [5.74, 6) is 0. The molecule has 1 nitrogen and oxygen atoms in total. The van der Waals surface area contributed by atoms with Gasteiger partial charge in [0.25, 0.3) is 0 Å². The maximum Gasteiger partial charge on any atom is 0.0516 e. The van der Waals surface area contributed by atoms with E-state index in [1.54, 1.807) is 0 Å². The summed E-state index contributed by atoms with van der Waals surface area (Å²) >= 11 is 3.58. The molecule has 1 rings (SSSR count). The van der Waals surface area contributed by atoms with Crippen molar-refractivity contribution in [1.29, 1.82) is 0 Å². The van der Waals surface area contributed by atoms with Crippen LogP contribution in [0.5, 0.6) is 0 Å². The van der Waals surface area contributed by atoms with Crippen LogP contribution in [-0.2, 0) is 0 Å². The van der Waals surface area contributed by atoms with E-state index in [0.29, 0.717) is 0 Å². The Morgan fingerprint density at radius 1 is 1.33 bits per heavy atom. The number of hydrogen-bond donors (Lipinski definition) is 1. The van der Waals surface area contributed by atoms with Gasteiger partial charge >= 0.3 is 0 Å². The Morgan fingerprint density at radius 2 is 2.00 bits per heavy atom. The van der Waals surface area contributed by atoms with E-state index >= 15 is 0 Å². The van der Waals surface area contributed by atoms with E-state index in [2.05, 4.69) is 67.2 Å². The zero-order valence-electron chi connectivity index (χ0n) is 9.82. The van der Waals surface area contributed by atoms with E-state index in [0.717, 1.165) is 11.0 Å². The largest absolute Gasteiger partial charge is 0.380 e. The molecule has 0 radical (unpaired) electrons. The van der Waals surface area contributed by atoms with E-state index in [9.17, 15) is 0 Å². The van der Waals surface area contributed by atoms with Crippen molar-refractivity contribution in [3.8, 4) is 0 Å². The molecule has 2 heteroatoms. The quantitative estimate of drug-likeness (QED) is 0.799. The van der Waals surface area contributed by atoms with Crippen LogP contribution in [-0.4, -0.2) is 6.54 Å². The van der Waals surface area contributed by atoms with Crippen molar-refractivity contribution in [1.82, 2.24) is 0 Å². The number of benzene rings is 1. The molecule has 1 aromatic rings. The predicted octanol–water partition coefficient (Wildman–Crippen LogP) is 4.44. The lowest BCUT2D eigenvalue weighted by Gasteiger charge is -2.11. The van der Waals surface area contributed by atoms with Crippen molar-refractivity contribution in [2.24, 2.45) is 0 Å². The van der Waals surface area contributed by atoms with Gasteiger partial charge in [-0.3, -0.25) is 0 Å². The highest BCUT2D eigenvalue weighted by Crippen LogP contribution is 2.27. The number of halogens is 1. The van der Waals surface area contributed by atoms with Gasteiger partial charge in [0.15, 0.2) is 0 Å². The second kappa shape index (κ2) is 5.36. The fourth-order valence-electron chi connectivity index (χ4n) is 1.50. The van der Waals surface area contributed by atoms with Crippen LogP contribution in [0.15, 0.2) is 28.3 Å². The summed E-state index contributed by atoms with van der Waals surface area (Å²) in [5.41, 5.74) is 5.10. The van der Waals surface area contributed by atoms with E-state index < -0.39 is 0 Å². The van der Waals surface area contributed by atoms with E-state index in [1.807, 2.05) is 0 Å². The Balaban J connectivity index is 2.81. The average Bonchev–Trinajstić information content (AvgIpc) is 2.08. The first-order valence-corrected chi connectivity index (χ1v) is 5.94. The Kier molecular flexibility index (Phi) is 4.40. The van der Waals surface area contributed by atoms with Crippen LogP contribution in [0.25, 0.3) is 0 Å². The first-order chi connectivity index (χ1) is 7.00. The average molecular weight is 268 g/mol. The molecule has 0 heterocycles. The molecule has 82 valence electrons. The minimum absolute atomic E-state index is 0.880. The molecule has 0 unspecified atom stereocenters. The van der Waals surface area contributed by atoms with Gasteiger partial charge in [0.2, 0.25) is 0 Å². The van der Waals surface area contributed by atoms with Gasteiger partial charge in [-0.25, -0.2) is 0 Å². The topological polar surface area (TPSA) is 12.0 Å². The molecule has 0 fully saturated rings. The first kappa shape index (κ1) is 12.3. The Hall–Kier alpha value is -0.760. The number of aryl methyl sites for hydroxylation is 2. The van der Waals surface area contributed by atoms with Crippen LogP contribution < -0.4 is 5.32 Å². The van der Waals surface area contributed by atoms with Gasteiger partial charge in [0, 0.05) is 11.0 Å². The second-order valence-electron chi connectivity index (χ2n) is 4.10. The van der Waals surface area contributed by atoms with Crippen molar-refractivity contribution in [3.63, 3.8) is 0 Å². The van der Waals surface area contributed by atoms with Crippen LogP contribution in [0, 0.1) is 13.8 Å². The van der Waals surface area contributed by atoms with Crippen LogP contribution in [0.2, 0.25) is 0 Å². The molecule has 0 atom stereocenters. The van der Waals surface area contributed by atoms with E-state index in [4.69, 9.17) is 0 Å². The minimum atomic E-state index is 0.880. The molecule has 0 aliphatic rings. The van der Waals surface area contributed by atoms with E-state index in [-0.39, 0.29) is 0 Å². The molecule has 0 aliphatic carbocycles. The standard InChI is InChI=1S/C13H18BrN/c1-9(2)5-6-15-13-11(4)7-10(3)8-12(13)14/h5,7-8,15H,6H2,1-4H3. The third-order valence-corrected chi connectivity index (χ3v) is 2.85. The number of rotatable bonds is 3. The second-order valence-corrected chi connectivity index (χ2v) is 4.96. The van der Waals surface area contributed by atoms with Gasteiger partial charge in [0.05, 0.1) is 5.69 Å². The molecule has 0 amide bonds. The number of nitrogens with one attached hydrogen (secondary N) is 1. The summed E-state index contributed by atoms with van der Waals surface area (Å²) in [6.07, 6.45) is 2.19. The molecule has 1 aromatic carbocycles. The van der Waals surface area contributed by atoms with Crippen molar-refractivity contribution in [3.05, 3.63) is 39.4 Å². The van der Waals surface area contributed by atoms with Crippen molar-refractivity contribution < 1.29 is 0 Å². The summed E-state index contributed by atoms with van der Waals surface area (Å²) in [5, 5.41) is 3.42. The third-order valence-electron chi connectivity index (χ3n) is 2.22. The Morgan fingerprint density at radius 3 is 2.53 bits per heavy atom.